The Morgan fingerprint density at radius 1 is 1.42 bits per heavy atom. The fraction of sp³-hybridized carbons (Fsp3) is 0.273. The number of nitrogens with one attached hydrogen (secondary N) is 1. The van der Waals surface area contributed by atoms with Crippen molar-refractivity contribution in [3.05, 3.63) is 35.6 Å². The number of benzene rings is 1. The third-order valence-electron chi connectivity index (χ3n) is 2.21. The predicted octanol–water partition coefficient (Wildman–Crippen LogP) is 1.01. The number of hydrogen-bond acceptors (Lipinski definition) is 5. The van der Waals surface area contributed by atoms with Crippen LogP contribution in [0.15, 0.2) is 35.7 Å². The molecule has 2 atom stereocenters. The second-order valence-electron chi connectivity index (χ2n) is 3.72. The Bertz CT molecular complexity index is 533. The highest BCUT2D eigenvalue weighted by atomic mass is 35.5. The second-order valence-corrected chi connectivity index (χ2v) is 5.57. The van der Waals surface area contributed by atoms with Gasteiger partial charge in [-0.3, -0.25) is 9.31 Å². The maximum absolute atomic E-state index is 11.7. The molecule has 1 aromatic carbocycles. The number of rotatable bonds is 6. The number of hydrogen-bond donors (Lipinski definition) is 2. The van der Waals surface area contributed by atoms with Crippen LogP contribution in [0.4, 0.5) is 0 Å². The van der Waals surface area contributed by atoms with Crippen molar-refractivity contribution in [2.75, 3.05) is 12.4 Å². The Morgan fingerprint density at radius 3 is 2.79 bits per heavy atom. The molecule has 2 rings (SSSR count). The molecule has 8 heteroatoms. The van der Waals surface area contributed by atoms with Crippen LogP contribution in [0.5, 0.6) is 5.75 Å². The molecule has 0 saturated carbocycles. The van der Waals surface area contributed by atoms with Crippen molar-refractivity contribution < 1.29 is 14.1 Å². The van der Waals surface area contributed by atoms with Gasteiger partial charge in [-0.15, -0.1) is 0 Å². The van der Waals surface area contributed by atoms with Gasteiger partial charge in [-0.25, -0.2) is 4.98 Å². The maximum Gasteiger partial charge on any atom is 0.214 e. The van der Waals surface area contributed by atoms with E-state index in [2.05, 4.69) is 15.2 Å². The molecule has 0 aliphatic carbocycles. The molecule has 1 aromatic heterocycles. The molecule has 0 unspecified atom stereocenters. The van der Waals surface area contributed by atoms with Crippen molar-refractivity contribution in [3.8, 4) is 5.75 Å². The Balaban J connectivity index is 1.80. The summed E-state index contributed by atoms with van der Waals surface area (Å²) < 4.78 is 17.1. The summed E-state index contributed by atoms with van der Waals surface area (Å²) in [6.45, 7) is 0.0432. The molecule has 2 N–H and O–H groups in total. The molecule has 0 spiro atoms. The Morgan fingerprint density at radius 2 is 2.16 bits per heavy atom. The number of aromatic amines is 1. The minimum Gasteiger partial charge on any atom is -0.491 e. The van der Waals surface area contributed by atoms with Crippen molar-refractivity contribution in [2.45, 2.75) is 11.3 Å². The summed E-state index contributed by atoms with van der Waals surface area (Å²) in [5.41, 5.74) is 0. The Kier molecular flexibility index (Phi) is 4.89. The molecular formula is C11H12ClN3O3S. The van der Waals surface area contributed by atoms with Crippen molar-refractivity contribution in [1.29, 1.82) is 0 Å². The van der Waals surface area contributed by atoms with Crippen molar-refractivity contribution in [3.63, 3.8) is 0 Å². The predicted molar refractivity (Wildman–Crippen MR) is 70.6 cm³/mol. The van der Waals surface area contributed by atoms with E-state index in [0.717, 1.165) is 0 Å². The van der Waals surface area contributed by atoms with Crippen LogP contribution in [0.2, 0.25) is 5.02 Å². The standard InChI is InChI=1S/C11H12ClN3O3S/c12-8-1-3-10(4-2-8)18-5-9(16)6-19(17)11-13-7-14-15-11/h1-4,7,9,16H,5-6H2,(H,13,14,15)/t9-,19-/m1/s1. The highest BCUT2D eigenvalue weighted by Crippen LogP contribution is 2.15. The number of nitrogens with zero attached hydrogens (tertiary/aromatic N) is 2. The topological polar surface area (TPSA) is 88.1 Å². The molecule has 0 saturated heterocycles. The third kappa shape index (κ3) is 4.30. The van der Waals surface area contributed by atoms with Crippen molar-refractivity contribution >= 4 is 22.4 Å². The molecule has 0 bridgehead atoms. The van der Waals surface area contributed by atoms with Crippen LogP contribution in [0, 0.1) is 0 Å². The van der Waals surface area contributed by atoms with E-state index in [1.165, 1.54) is 6.33 Å². The zero-order valence-electron chi connectivity index (χ0n) is 9.82. The number of H-pyrrole nitrogens is 1. The van der Waals surface area contributed by atoms with Gasteiger partial charge in [0.05, 0.1) is 22.7 Å². The van der Waals surface area contributed by atoms with E-state index in [9.17, 15) is 9.32 Å². The van der Waals surface area contributed by atoms with E-state index in [1.807, 2.05) is 0 Å². The van der Waals surface area contributed by atoms with E-state index in [4.69, 9.17) is 16.3 Å². The second kappa shape index (κ2) is 6.65. The number of ether oxygens (including phenoxy) is 1. The van der Waals surface area contributed by atoms with Crippen molar-refractivity contribution in [1.82, 2.24) is 15.2 Å². The lowest BCUT2D eigenvalue weighted by Gasteiger charge is -2.11. The molecule has 0 amide bonds. The van der Waals surface area contributed by atoms with E-state index in [1.54, 1.807) is 24.3 Å². The van der Waals surface area contributed by atoms with Crippen molar-refractivity contribution in [2.24, 2.45) is 0 Å². The zero-order chi connectivity index (χ0) is 13.7. The summed E-state index contributed by atoms with van der Waals surface area (Å²) in [6, 6.07) is 6.77. The smallest absolute Gasteiger partial charge is 0.214 e. The summed E-state index contributed by atoms with van der Waals surface area (Å²) in [7, 11) is -1.42. The highest BCUT2D eigenvalue weighted by Gasteiger charge is 2.14. The number of aliphatic hydroxyl groups excluding tert-OH is 1. The first-order chi connectivity index (χ1) is 9.15. The summed E-state index contributed by atoms with van der Waals surface area (Å²) >= 11 is 5.74. The van der Waals surface area contributed by atoms with Gasteiger partial charge in [0.25, 0.3) is 0 Å². The molecule has 0 aliphatic rings. The summed E-state index contributed by atoms with van der Waals surface area (Å²) in [5.74, 6) is 0.622. The van der Waals surface area contributed by atoms with Gasteiger partial charge in [-0.2, -0.15) is 5.10 Å². The Hall–Kier alpha value is -1.44. The molecule has 6 nitrogen and oxygen atoms in total. The minimum absolute atomic E-state index is 0.0305. The normalized spacial score (nSPS) is 14.0. The first kappa shape index (κ1) is 14.0. The van der Waals surface area contributed by atoms with Crippen LogP contribution >= 0.6 is 11.6 Å². The van der Waals surface area contributed by atoms with Crippen LogP contribution in [0.3, 0.4) is 0 Å². The molecule has 102 valence electrons. The van der Waals surface area contributed by atoms with E-state index < -0.39 is 16.9 Å². The van der Waals surface area contributed by atoms with Crippen LogP contribution < -0.4 is 4.74 Å². The lowest BCUT2D eigenvalue weighted by Crippen LogP contribution is -2.24. The summed E-state index contributed by atoms with van der Waals surface area (Å²) in [6.07, 6.45) is 0.408. The average molecular weight is 302 g/mol. The molecular weight excluding hydrogens is 290 g/mol. The minimum atomic E-state index is -1.42. The van der Waals surface area contributed by atoms with E-state index in [-0.39, 0.29) is 17.5 Å². The largest absolute Gasteiger partial charge is 0.491 e. The molecule has 19 heavy (non-hydrogen) atoms. The monoisotopic (exact) mass is 301 g/mol. The zero-order valence-corrected chi connectivity index (χ0v) is 11.4. The first-order valence-electron chi connectivity index (χ1n) is 5.45. The highest BCUT2D eigenvalue weighted by molar-refractivity contribution is 7.84. The third-order valence-corrected chi connectivity index (χ3v) is 3.78. The van der Waals surface area contributed by atoms with Gasteiger partial charge in [0.15, 0.2) is 0 Å². The average Bonchev–Trinajstić information content (AvgIpc) is 2.92. The molecule has 0 aliphatic heterocycles. The van der Waals surface area contributed by atoms with Crippen LogP contribution in [-0.4, -0.2) is 43.0 Å². The number of aliphatic hydroxyl groups is 1. The van der Waals surface area contributed by atoms with Crippen LogP contribution in [0.25, 0.3) is 0 Å². The van der Waals surface area contributed by atoms with Gasteiger partial charge in [-0.1, -0.05) is 11.6 Å². The quantitative estimate of drug-likeness (QED) is 0.831. The Labute approximate surface area is 117 Å². The summed E-state index contributed by atoms with van der Waals surface area (Å²) in [5, 5.41) is 16.7. The number of halogens is 1. The van der Waals surface area contributed by atoms with Gasteiger partial charge < -0.3 is 9.84 Å². The fourth-order valence-corrected chi connectivity index (χ4v) is 2.38. The summed E-state index contributed by atoms with van der Waals surface area (Å²) in [4.78, 5) is 3.76. The maximum atomic E-state index is 11.7. The van der Waals surface area contributed by atoms with Gasteiger partial charge in [0.2, 0.25) is 5.16 Å². The van der Waals surface area contributed by atoms with Gasteiger partial charge in [0.1, 0.15) is 18.7 Å². The van der Waals surface area contributed by atoms with Crippen LogP contribution in [0.1, 0.15) is 0 Å². The van der Waals surface area contributed by atoms with E-state index in [0.29, 0.717) is 10.8 Å². The molecule has 2 aromatic rings. The van der Waals surface area contributed by atoms with E-state index >= 15 is 0 Å². The molecule has 0 fully saturated rings. The molecule has 0 radical (unpaired) electrons. The first-order valence-corrected chi connectivity index (χ1v) is 7.15. The van der Waals surface area contributed by atoms with Gasteiger partial charge >= 0.3 is 0 Å². The number of aromatic nitrogens is 3. The van der Waals surface area contributed by atoms with Gasteiger partial charge in [0, 0.05) is 5.02 Å². The van der Waals surface area contributed by atoms with Gasteiger partial charge in [-0.05, 0) is 24.3 Å². The lowest BCUT2D eigenvalue weighted by atomic mass is 10.3. The lowest BCUT2D eigenvalue weighted by molar-refractivity contribution is 0.125. The van der Waals surface area contributed by atoms with Crippen LogP contribution in [-0.2, 0) is 10.8 Å². The fourth-order valence-electron chi connectivity index (χ4n) is 1.33. The SMILES string of the molecule is O=[S@](C[C@H](O)COc1ccc(Cl)cc1)c1ncn[nH]1. The molecule has 1 heterocycles.